The molecule has 0 unspecified atom stereocenters. The van der Waals surface area contributed by atoms with Crippen LogP contribution in [0.5, 0.6) is 0 Å². The van der Waals surface area contributed by atoms with E-state index in [4.69, 9.17) is 22.4 Å². The van der Waals surface area contributed by atoms with Crippen molar-refractivity contribution in [2.45, 2.75) is 13.3 Å². The molecule has 1 aromatic rings. The average molecular weight is 257 g/mol. The first-order valence-electron chi connectivity index (χ1n) is 5.56. The first-order chi connectivity index (χ1) is 8.11. The second-order valence-electron chi connectivity index (χ2n) is 3.67. The Labute approximate surface area is 106 Å². The second kappa shape index (κ2) is 6.47. The summed E-state index contributed by atoms with van der Waals surface area (Å²) in [5.41, 5.74) is 6.47. The van der Waals surface area contributed by atoms with E-state index in [0.717, 1.165) is 0 Å². The van der Waals surface area contributed by atoms with Crippen molar-refractivity contribution in [1.82, 2.24) is 4.90 Å². The number of carbonyl (C=O) groups excluding carboxylic acids is 1. The van der Waals surface area contributed by atoms with Crippen LogP contribution in [0.1, 0.15) is 23.7 Å². The number of rotatable bonds is 5. The molecule has 4 nitrogen and oxygen atoms in total. The molecule has 1 amide bonds. The van der Waals surface area contributed by atoms with E-state index in [1.807, 2.05) is 6.92 Å². The smallest absolute Gasteiger partial charge is 0.255 e. The zero-order chi connectivity index (χ0) is 12.8. The molecule has 0 aliphatic rings. The lowest BCUT2D eigenvalue weighted by Gasteiger charge is -2.21. The summed E-state index contributed by atoms with van der Waals surface area (Å²) in [6, 6.07) is 5.01. The summed E-state index contributed by atoms with van der Waals surface area (Å²) in [5, 5.41) is 9.07. The van der Waals surface area contributed by atoms with Crippen molar-refractivity contribution < 1.29 is 9.90 Å². The van der Waals surface area contributed by atoms with Crippen LogP contribution in [0.25, 0.3) is 0 Å². The van der Waals surface area contributed by atoms with Crippen LogP contribution in [-0.2, 0) is 0 Å². The number of aliphatic hydroxyl groups excluding tert-OH is 1. The van der Waals surface area contributed by atoms with Crippen molar-refractivity contribution >= 4 is 23.2 Å². The molecule has 0 aliphatic carbocycles. The molecule has 0 atom stereocenters. The van der Waals surface area contributed by atoms with Crippen LogP contribution < -0.4 is 5.73 Å². The Kier molecular flexibility index (Phi) is 5.25. The molecule has 3 N–H and O–H groups in total. The van der Waals surface area contributed by atoms with Gasteiger partial charge in [-0.1, -0.05) is 17.7 Å². The van der Waals surface area contributed by atoms with E-state index in [9.17, 15) is 4.79 Å². The van der Waals surface area contributed by atoms with Crippen LogP contribution in [0.4, 0.5) is 5.69 Å². The fourth-order valence-electron chi connectivity index (χ4n) is 1.55. The van der Waals surface area contributed by atoms with Crippen LogP contribution in [0.15, 0.2) is 18.2 Å². The van der Waals surface area contributed by atoms with Gasteiger partial charge >= 0.3 is 0 Å². The number of nitrogens with two attached hydrogens (primary N) is 1. The van der Waals surface area contributed by atoms with Gasteiger partial charge in [0.25, 0.3) is 5.91 Å². The van der Waals surface area contributed by atoms with Crippen molar-refractivity contribution in [3.8, 4) is 0 Å². The maximum absolute atomic E-state index is 12.2. The van der Waals surface area contributed by atoms with Crippen LogP contribution in [-0.4, -0.2) is 35.6 Å². The number of carbonyl (C=O) groups is 1. The standard InChI is InChI=1S/C12H17ClN2O2/c1-2-15(7-4-8-16)12(17)9-5-3-6-10(14)11(9)13/h3,5-6,16H,2,4,7-8,14H2,1H3. The van der Waals surface area contributed by atoms with Crippen molar-refractivity contribution in [2.24, 2.45) is 0 Å². The minimum Gasteiger partial charge on any atom is -0.398 e. The van der Waals surface area contributed by atoms with E-state index in [1.165, 1.54) is 0 Å². The van der Waals surface area contributed by atoms with Crippen LogP contribution in [0.2, 0.25) is 5.02 Å². The summed E-state index contributed by atoms with van der Waals surface area (Å²) in [7, 11) is 0. The van der Waals surface area contributed by atoms with Gasteiger partial charge < -0.3 is 15.7 Å². The SMILES string of the molecule is CCN(CCCO)C(=O)c1cccc(N)c1Cl. The third-order valence-electron chi connectivity index (χ3n) is 2.51. The lowest BCUT2D eigenvalue weighted by Crippen LogP contribution is -2.32. The lowest BCUT2D eigenvalue weighted by molar-refractivity contribution is 0.0754. The first kappa shape index (κ1) is 13.8. The van der Waals surface area contributed by atoms with Gasteiger partial charge in [-0.3, -0.25) is 4.79 Å². The first-order valence-corrected chi connectivity index (χ1v) is 5.93. The molecule has 0 fully saturated rings. The number of benzene rings is 1. The zero-order valence-corrected chi connectivity index (χ0v) is 10.6. The monoisotopic (exact) mass is 256 g/mol. The van der Waals surface area contributed by atoms with E-state index in [1.54, 1.807) is 23.1 Å². The summed E-state index contributed by atoms with van der Waals surface area (Å²) in [4.78, 5) is 13.8. The molecular formula is C12H17ClN2O2. The predicted molar refractivity (Wildman–Crippen MR) is 69.1 cm³/mol. The third-order valence-corrected chi connectivity index (χ3v) is 2.94. The van der Waals surface area contributed by atoms with Crippen LogP contribution in [0, 0.1) is 0 Å². The van der Waals surface area contributed by atoms with Gasteiger partial charge in [0, 0.05) is 19.7 Å². The van der Waals surface area contributed by atoms with Gasteiger partial charge in [-0.25, -0.2) is 0 Å². The van der Waals surface area contributed by atoms with Crippen LogP contribution >= 0.6 is 11.6 Å². The van der Waals surface area contributed by atoms with Crippen molar-refractivity contribution in [3.63, 3.8) is 0 Å². The van der Waals surface area contributed by atoms with Gasteiger partial charge in [0.2, 0.25) is 0 Å². The molecule has 0 spiro atoms. The highest BCUT2D eigenvalue weighted by Crippen LogP contribution is 2.24. The molecule has 0 bridgehead atoms. The van der Waals surface area contributed by atoms with Crippen molar-refractivity contribution in [3.05, 3.63) is 28.8 Å². The van der Waals surface area contributed by atoms with Crippen LogP contribution in [0.3, 0.4) is 0 Å². The molecule has 1 aromatic carbocycles. The summed E-state index contributed by atoms with van der Waals surface area (Å²) in [6.45, 7) is 3.03. The highest BCUT2D eigenvalue weighted by Gasteiger charge is 2.17. The quantitative estimate of drug-likeness (QED) is 0.789. The summed E-state index contributed by atoms with van der Waals surface area (Å²) >= 11 is 6.00. The minimum atomic E-state index is -0.154. The molecule has 0 aromatic heterocycles. The van der Waals surface area contributed by atoms with Gasteiger partial charge in [0.05, 0.1) is 16.3 Å². The highest BCUT2D eigenvalue weighted by molar-refractivity contribution is 6.36. The number of hydrogen-bond donors (Lipinski definition) is 2. The van der Waals surface area contributed by atoms with E-state index in [0.29, 0.717) is 35.8 Å². The van der Waals surface area contributed by atoms with E-state index in [2.05, 4.69) is 0 Å². The summed E-state index contributed by atoms with van der Waals surface area (Å²) < 4.78 is 0. The fraction of sp³-hybridized carbons (Fsp3) is 0.417. The largest absolute Gasteiger partial charge is 0.398 e. The van der Waals surface area contributed by atoms with Gasteiger partial charge in [-0.2, -0.15) is 0 Å². The number of nitrogen functional groups attached to an aromatic ring is 1. The fourth-order valence-corrected chi connectivity index (χ4v) is 1.76. The number of hydrogen-bond acceptors (Lipinski definition) is 3. The van der Waals surface area contributed by atoms with Gasteiger partial charge in [-0.15, -0.1) is 0 Å². The number of amides is 1. The molecule has 0 aliphatic heterocycles. The number of nitrogens with zero attached hydrogens (tertiary/aromatic N) is 1. The molecule has 1 rings (SSSR count). The number of aliphatic hydroxyl groups is 1. The zero-order valence-electron chi connectivity index (χ0n) is 9.82. The lowest BCUT2D eigenvalue weighted by atomic mass is 10.1. The van der Waals surface area contributed by atoms with E-state index < -0.39 is 0 Å². The molecule has 17 heavy (non-hydrogen) atoms. The molecule has 94 valence electrons. The maximum atomic E-state index is 12.2. The minimum absolute atomic E-state index is 0.0639. The second-order valence-corrected chi connectivity index (χ2v) is 4.05. The molecule has 0 radical (unpaired) electrons. The molecule has 0 saturated carbocycles. The Morgan fingerprint density at radius 1 is 1.53 bits per heavy atom. The summed E-state index contributed by atoms with van der Waals surface area (Å²) in [6.07, 6.45) is 0.555. The third kappa shape index (κ3) is 3.35. The van der Waals surface area contributed by atoms with Gasteiger partial charge in [0.1, 0.15) is 0 Å². The Morgan fingerprint density at radius 3 is 2.82 bits per heavy atom. The van der Waals surface area contributed by atoms with Gasteiger partial charge in [-0.05, 0) is 25.5 Å². The van der Waals surface area contributed by atoms with Gasteiger partial charge in [0.15, 0.2) is 0 Å². The molecule has 0 saturated heterocycles. The summed E-state index contributed by atoms with van der Waals surface area (Å²) in [5.74, 6) is -0.154. The molecule has 0 heterocycles. The Hall–Kier alpha value is -1.26. The predicted octanol–water partition coefficient (Wildman–Crippen LogP) is 1.77. The molecular weight excluding hydrogens is 240 g/mol. The number of halogens is 1. The Balaban J connectivity index is 2.90. The van der Waals surface area contributed by atoms with Crippen molar-refractivity contribution in [1.29, 1.82) is 0 Å². The van der Waals surface area contributed by atoms with Crippen molar-refractivity contribution in [2.75, 3.05) is 25.4 Å². The Morgan fingerprint density at radius 2 is 2.24 bits per heavy atom. The normalized spacial score (nSPS) is 10.3. The van der Waals surface area contributed by atoms with E-state index >= 15 is 0 Å². The Bertz CT molecular complexity index is 396. The average Bonchev–Trinajstić information content (AvgIpc) is 2.33. The number of anilines is 1. The van der Waals surface area contributed by atoms with E-state index in [-0.39, 0.29) is 12.5 Å². The topological polar surface area (TPSA) is 66.6 Å². The maximum Gasteiger partial charge on any atom is 0.255 e. The highest BCUT2D eigenvalue weighted by atomic mass is 35.5. The molecule has 5 heteroatoms.